The van der Waals surface area contributed by atoms with Gasteiger partial charge in [0.15, 0.2) is 0 Å². The fourth-order valence-electron chi connectivity index (χ4n) is 1.77. The molecule has 0 saturated heterocycles. The van der Waals surface area contributed by atoms with Gasteiger partial charge in [0, 0.05) is 4.47 Å². The minimum Gasteiger partial charge on any atom is -0.317 e. The Kier molecular flexibility index (Phi) is 6.07. The molecule has 0 aliphatic rings. The van der Waals surface area contributed by atoms with Crippen molar-refractivity contribution in [2.45, 2.75) is 27.2 Å². The smallest absolute Gasteiger partial charge is 0.0175 e. The van der Waals surface area contributed by atoms with Gasteiger partial charge in [0.1, 0.15) is 0 Å². The van der Waals surface area contributed by atoms with E-state index in [0.717, 1.165) is 29.4 Å². The highest BCUT2D eigenvalue weighted by Crippen LogP contribution is 2.18. The van der Waals surface area contributed by atoms with Crippen LogP contribution in [-0.4, -0.2) is 13.1 Å². The van der Waals surface area contributed by atoms with E-state index in [2.05, 4.69) is 66.3 Å². The Morgan fingerprint density at radius 2 is 1.75 bits per heavy atom. The predicted octanol–water partition coefficient (Wildman–Crippen LogP) is 3.87. The topological polar surface area (TPSA) is 12.0 Å². The first-order chi connectivity index (χ1) is 7.63. The number of hydrogen-bond acceptors (Lipinski definition) is 1. The molecule has 0 bridgehead atoms. The average Bonchev–Trinajstić information content (AvgIpc) is 2.29. The van der Waals surface area contributed by atoms with Gasteiger partial charge in [0.2, 0.25) is 0 Å². The maximum absolute atomic E-state index is 3.46. The molecule has 0 heterocycles. The predicted molar refractivity (Wildman–Crippen MR) is 74.7 cm³/mol. The number of benzene rings is 1. The Morgan fingerprint density at radius 1 is 1.12 bits per heavy atom. The van der Waals surface area contributed by atoms with Gasteiger partial charge in [-0.15, -0.1) is 0 Å². The second-order valence-electron chi connectivity index (χ2n) is 4.59. The normalized spacial score (nSPS) is 14.8. The standard InChI is InChI=1S/C14H22BrN/c1-4-16-10-12(3)11(2)9-13-5-7-14(15)8-6-13/h5-8,11-12,16H,4,9-10H2,1-3H3. The van der Waals surface area contributed by atoms with E-state index in [4.69, 9.17) is 0 Å². The largest absolute Gasteiger partial charge is 0.317 e. The van der Waals surface area contributed by atoms with Crippen molar-refractivity contribution in [1.82, 2.24) is 5.32 Å². The van der Waals surface area contributed by atoms with E-state index in [9.17, 15) is 0 Å². The molecule has 0 aliphatic heterocycles. The molecule has 0 aromatic heterocycles. The third kappa shape index (κ3) is 4.67. The third-order valence-electron chi connectivity index (χ3n) is 3.16. The highest BCUT2D eigenvalue weighted by atomic mass is 79.9. The van der Waals surface area contributed by atoms with E-state index in [1.54, 1.807) is 0 Å². The van der Waals surface area contributed by atoms with Crippen LogP contribution < -0.4 is 5.32 Å². The van der Waals surface area contributed by atoms with Gasteiger partial charge < -0.3 is 5.32 Å². The van der Waals surface area contributed by atoms with E-state index >= 15 is 0 Å². The van der Waals surface area contributed by atoms with Gasteiger partial charge in [-0.2, -0.15) is 0 Å². The molecule has 0 radical (unpaired) electrons. The Bertz CT molecular complexity index is 294. The molecule has 0 aliphatic carbocycles. The van der Waals surface area contributed by atoms with Crippen LogP contribution in [0.3, 0.4) is 0 Å². The zero-order valence-electron chi connectivity index (χ0n) is 10.5. The van der Waals surface area contributed by atoms with Crippen LogP contribution in [0, 0.1) is 11.8 Å². The lowest BCUT2D eigenvalue weighted by molar-refractivity contribution is 0.368. The molecular weight excluding hydrogens is 262 g/mol. The Labute approximate surface area is 108 Å². The molecule has 1 aromatic rings. The molecule has 0 fully saturated rings. The van der Waals surface area contributed by atoms with Crippen molar-refractivity contribution in [3.8, 4) is 0 Å². The Morgan fingerprint density at radius 3 is 2.31 bits per heavy atom. The van der Waals surface area contributed by atoms with E-state index in [1.165, 1.54) is 12.0 Å². The monoisotopic (exact) mass is 283 g/mol. The van der Waals surface area contributed by atoms with Crippen LogP contribution in [0.25, 0.3) is 0 Å². The SMILES string of the molecule is CCNCC(C)C(C)Cc1ccc(Br)cc1. The van der Waals surface area contributed by atoms with Crippen LogP contribution in [0.2, 0.25) is 0 Å². The molecule has 90 valence electrons. The first-order valence-corrected chi connectivity index (χ1v) is 6.88. The molecule has 1 N–H and O–H groups in total. The zero-order valence-corrected chi connectivity index (χ0v) is 12.0. The maximum Gasteiger partial charge on any atom is 0.0175 e. The lowest BCUT2D eigenvalue weighted by Crippen LogP contribution is -2.25. The van der Waals surface area contributed by atoms with Gasteiger partial charge in [-0.25, -0.2) is 0 Å². The van der Waals surface area contributed by atoms with E-state index in [0.29, 0.717) is 0 Å². The fourth-order valence-corrected chi connectivity index (χ4v) is 2.03. The van der Waals surface area contributed by atoms with E-state index in [1.807, 2.05) is 0 Å². The van der Waals surface area contributed by atoms with Crippen LogP contribution in [0.1, 0.15) is 26.3 Å². The fraction of sp³-hybridized carbons (Fsp3) is 0.571. The molecule has 1 rings (SSSR count). The maximum atomic E-state index is 3.46. The second-order valence-corrected chi connectivity index (χ2v) is 5.51. The summed E-state index contributed by atoms with van der Waals surface area (Å²) in [6.45, 7) is 9.01. The van der Waals surface area contributed by atoms with Crippen LogP contribution >= 0.6 is 15.9 Å². The minimum absolute atomic E-state index is 0.722. The van der Waals surface area contributed by atoms with Crippen LogP contribution in [0.15, 0.2) is 28.7 Å². The summed E-state index contributed by atoms with van der Waals surface area (Å²) >= 11 is 3.46. The van der Waals surface area contributed by atoms with Crippen LogP contribution in [0.4, 0.5) is 0 Å². The van der Waals surface area contributed by atoms with Crippen molar-refractivity contribution in [3.63, 3.8) is 0 Å². The van der Waals surface area contributed by atoms with Gasteiger partial charge >= 0.3 is 0 Å². The van der Waals surface area contributed by atoms with E-state index in [-0.39, 0.29) is 0 Å². The minimum atomic E-state index is 0.722. The van der Waals surface area contributed by atoms with Gasteiger partial charge in [0.05, 0.1) is 0 Å². The summed E-state index contributed by atoms with van der Waals surface area (Å²) in [6, 6.07) is 8.66. The summed E-state index contributed by atoms with van der Waals surface area (Å²) in [6.07, 6.45) is 1.17. The molecule has 0 amide bonds. The summed E-state index contributed by atoms with van der Waals surface area (Å²) < 4.78 is 1.16. The summed E-state index contributed by atoms with van der Waals surface area (Å²) in [7, 11) is 0. The van der Waals surface area contributed by atoms with Crippen molar-refractivity contribution < 1.29 is 0 Å². The molecular formula is C14H22BrN. The first-order valence-electron chi connectivity index (χ1n) is 6.08. The molecule has 2 atom stereocenters. The van der Waals surface area contributed by atoms with Crippen molar-refractivity contribution in [3.05, 3.63) is 34.3 Å². The van der Waals surface area contributed by atoms with Gasteiger partial charge in [0.25, 0.3) is 0 Å². The second kappa shape index (κ2) is 7.08. The summed E-state index contributed by atoms with van der Waals surface area (Å²) in [4.78, 5) is 0. The average molecular weight is 284 g/mol. The van der Waals surface area contributed by atoms with Crippen LogP contribution in [0.5, 0.6) is 0 Å². The number of hydrogen-bond donors (Lipinski definition) is 1. The quantitative estimate of drug-likeness (QED) is 0.836. The van der Waals surface area contributed by atoms with Crippen LogP contribution in [-0.2, 0) is 6.42 Å². The van der Waals surface area contributed by atoms with Gasteiger partial charge in [-0.05, 0) is 49.0 Å². The number of halogens is 1. The summed E-state index contributed by atoms with van der Waals surface area (Å²) in [5.74, 6) is 1.45. The Balaban J connectivity index is 2.43. The molecule has 16 heavy (non-hydrogen) atoms. The molecule has 1 aromatic carbocycles. The summed E-state index contributed by atoms with van der Waals surface area (Å²) in [5.41, 5.74) is 1.43. The number of rotatable bonds is 6. The third-order valence-corrected chi connectivity index (χ3v) is 3.69. The highest BCUT2D eigenvalue weighted by Gasteiger charge is 2.12. The lowest BCUT2D eigenvalue weighted by atomic mass is 9.89. The lowest BCUT2D eigenvalue weighted by Gasteiger charge is -2.20. The number of nitrogens with one attached hydrogen (secondary N) is 1. The van der Waals surface area contributed by atoms with Crippen molar-refractivity contribution >= 4 is 15.9 Å². The molecule has 2 unspecified atom stereocenters. The molecule has 0 spiro atoms. The molecule has 2 heteroatoms. The van der Waals surface area contributed by atoms with Crippen molar-refractivity contribution in [2.75, 3.05) is 13.1 Å². The molecule has 0 saturated carbocycles. The first kappa shape index (κ1) is 13.7. The van der Waals surface area contributed by atoms with Crippen molar-refractivity contribution in [1.29, 1.82) is 0 Å². The van der Waals surface area contributed by atoms with E-state index < -0.39 is 0 Å². The Hall–Kier alpha value is -0.340. The van der Waals surface area contributed by atoms with Gasteiger partial charge in [-0.1, -0.05) is 48.8 Å². The zero-order chi connectivity index (χ0) is 12.0. The highest BCUT2D eigenvalue weighted by molar-refractivity contribution is 9.10. The summed E-state index contributed by atoms with van der Waals surface area (Å²) in [5, 5.41) is 3.42. The molecule has 1 nitrogen and oxygen atoms in total. The van der Waals surface area contributed by atoms with Gasteiger partial charge in [-0.3, -0.25) is 0 Å². The van der Waals surface area contributed by atoms with Crippen molar-refractivity contribution in [2.24, 2.45) is 11.8 Å².